The van der Waals surface area contributed by atoms with Crippen molar-refractivity contribution in [2.45, 2.75) is 32.9 Å². The third-order valence-corrected chi connectivity index (χ3v) is 4.11. The number of hydrogen-bond donors (Lipinski definition) is 1. The Bertz CT molecular complexity index is 729. The molecular weight excluding hydrogens is 328 g/mol. The molecular formula is C21H26N2O3. The summed E-state index contributed by atoms with van der Waals surface area (Å²) in [6.07, 6.45) is 0.635. The summed E-state index contributed by atoms with van der Waals surface area (Å²) in [5, 5.41) is 2.72. The third kappa shape index (κ3) is 5.62. The maximum Gasteiger partial charge on any atom is 0.312 e. The monoisotopic (exact) mass is 354 g/mol. The lowest BCUT2D eigenvalue weighted by Gasteiger charge is -2.26. The molecule has 5 heteroatoms. The van der Waals surface area contributed by atoms with E-state index in [1.165, 1.54) is 0 Å². The van der Waals surface area contributed by atoms with Gasteiger partial charge >= 0.3 is 11.8 Å². The predicted molar refractivity (Wildman–Crippen MR) is 102 cm³/mol. The summed E-state index contributed by atoms with van der Waals surface area (Å²) in [6, 6.07) is 17.3. The van der Waals surface area contributed by atoms with E-state index in [0.717, 1.165) is 16.9 Å². The number of carbonyl (C=O) groups is 2. The van der Waals surface area contributed by atoms with Gasteiger partial charge in [-0.15, -0.1) is 0 Å². The summed E-state index contributed by atoms with van der Waals surface area (Å²) in [5.74, 6) is -0.300. The predicted octanol–water partition coefficient (Wildman–Crippen LogP) is 2.79. The number of amides is 2. The first-order valence-electron chi connectivity index (χ1n) is 8.77. The Hall–Kier alpha value is -2.82. The van der Waals surface area contributed by atoms with Gasteiger partial charge < -0.3 is 15.0 Å². The van der Waals surface area contributed by atoms with Gasteiger partial charge in [-0.2, -0.15) is 0 Å². The topological polar surface area (TPSA) is 58.6 Å². The van der Waals surface area contributed by atoms with E-state index in [9.17, 15) is 9.59 Å². The molecule has 0 heterocycles. The van der Waals surface area contributed by atoms with E-state index in [1.807, 2.05) is 68.4 Å². The number of carbonyl (C=O) groups excluding carboxylic acids is 2. The van der Waals surface area contributed by atoms with Crippen molar-refractivity contribution in [1.82, 2.24) is 10.2 Å². The van der Waals surface area contributed by atoms with Crippen LogP contribution in [0.2, 0.25) is 0 Å². The average molecular weight is 354 g/mol. The maximum atomic E-state index is 12.5. The number of methoxy groups -OCH3 is 1. The Kier molecular flexibility index (Phi) is 7.21. The van der Waals surface area contributed by atoms with Crippen molar-refractivity contribution >= 4 is 11.8 Å². The summed E-state index contributed by atoms with van der Waals surface area (Å²) in [6.45, 7) is 4.63. The van der Waals surface area contributed by atoms with Gasteiger partial charge in [-0.05, 0) is 43.5 Å². The number of nitrogens with zero attached hydrogens (tertiary/aromatic N) is 1. The second kappa shape index (κ2) is 9.61. The highest BCUT2D eigenvalue weighted by molar-refractivity contribution is 6.35. The van der Waals surface area contributed by atoms with Gasteiger partial charge in [0.25, 0.3) is 0 Å². The van der Waals surface area contributed by atoms with Crippen LogP contribution in [0.25, 0.3) is 0 Å². The average Bonchev–Trinajstić information content (AvgIpc) is 2.66. The zero-order valence-corrected chi connectivity index (χ0v) is 15.6. The first-order valence-corrected chi connectivity index (χ1v) is 8.77. The van der Waals surface area contributed by atoms with E-state index in [1.54, 1.807) is 12.0 Å². The zero-order chi connectivity index (χ0) is 18.9. The molecule has 5 nitrogen and oxygen atoms in total. The standard InChI is InChI=1S/C21H26N2O3/c1-16(2)23(15-18-8-5-4-6-9-18)21(25)20(24)22-13-12-17-10-7-11-19(14-17)26-3/h4-11,14,16H,12-13,15H2,1-3H3,(H,22,24). The largest absolute Gasteiger partial charge is 0.497 e. The van der Waals surface area contributed by atoms with E-state index in [4.69, 9.17) is 4.74 Å². The molecule has 0 fully saturated rings. The van der Waals surface area contributed by atoms with Crippen LogP contribution in [0, 0.1) is 0 Å². The van der Waals surface area contributed by atoms with Crippen LogP contribution in [0.15, 0.2) is 54.6 Å². The molecule has 0 atom stereocenters. The van der Waals surface area contributed by atoms with Crippen molar-refractivity contribution < 1.29 is 14.3 Å². The van der Waals surface area contributed by atoms with Gasteiger partial charge in [0, 0.05) is 19.1 Å². The minimum Gasteiger partial charge on any atom is -0.497 e. The quantitative estimate of drug-likeness (QED) is 0.778. The summed E-state index contributed by atoms with van der Waals surface area (Å²) in [4.78, 5) is 26.4. The minimum absolute atomic E-state index is 0.0631. The Morgan fingerprint density at radius 2 is 1.73 bits per heavy atom. The lowest BCUT2D eigenvalue weighted by Crippen LogP contribution is -2.46. The molecule has 0 radical (unpaired) electrons. The first kappa shape index (κ1) is 19.5. The van der Waals surface area contributed by atoms with Crippen molar-refractivity contribution in [2.24, 2.45) is 0 Å². The molecule has 2 aromatic rings. The van der Waals surface area contributed by atoms with E-state index in [0.29, 0.717) is 19.5 Å². The van der Waals surface area contributed by atoms with Crippen LogP contribution < -0.4 is 10.1 Å². The van der Waals surface area contributed by atoms with E-state index >= 15 is 0 Å². The molecule has 0 spiro atoms. The summed E-state index contributed by atoms with van der Waals surface area (Å²) < 4.78 is 5.19. The first-order chi connectivity index (χ1) is 12.5. The molecule has 2 aromatic carbocycles. The number of rotatable bonds is 7. The van der Waals surface area contributed by atoms with Crippen molar-refractivity contribution in [1.29, 1.82) is 0 Å². The van der Waals surface area contributed by atoms with Crippen LogP contribution in [0.1, 0.15) is 25.0 Å². The fourth-order valence-electron chi connectivity index (χ4n) is 2.62. The molecule has 138 valence electrons. The third-order valence-electron chi connectivity index (χ3n) is 4.11. The van der Waals surface area contributed by atoms with E-state index < -0.39 is 11.8 Å². The molecule has 2 rings (SSSR count). The molecule has 26 heavy (non-hydrogen) atoms. The van der Waals surface area contributed by atoms with Crippen LogP contribution >= 0.6 is 0 Å². The number of ether oxygens (including phenoxy) is 1. The van der Waals surface area contributed by atoms with Crippen molar-refractivity contribution in [3.8, 4) is 5.75 Å². The van der Waals surface area contributed by atoms with Gasteiger partial charge in [-0.25, -0.2) is 0 Å². The van der Waals surface area contributed by atoms with Gasteiger partial charge in [-0.3, -0.25) is 9.59 Å². The molecule has 0 aromatic heterocycles. The van der Waals surface area contributed by atoms with Gasteiger partial charge in [0.2, 0.25) is 0 Å². The SMILES string of the molecule is COc1cccc(CCNC(=O)C(=O)N(Cc2ccccc2)C(C)C)c1. The highest BCUT2D eigenvalue weighted by atomic mass is 16.5. The minimum atomic E-state index is -0.572. The van der Waals surface area contributed by atoms with Crippen LogP contribution in [0.4, 0.5) is 0 Å². The summed E-state index contributed by atoms with van der Waals surface area (Å²) in [5.41, 5.74) is 2.04. The lowest BCUT2D eigenvalue weighted by atomic mass is 10.1. The van der Waals surface area contributed by atoms with Crippen molar-refractivity contribution in [3.05, 3.63) is 65.7 Å². The van der Waals surface area contributed by atoms with E-state index in [-0.39, 0.29) is 6.04 Å². The Morgan fingerprint density at radius 3 is 2.38 bits per heavy atom. The smallest absolute Gasteiger partial charge is 0.312 e. The van der Waals surface area contributed by atoms with Gasteiger partial charge in [0.1, 0.15) is 5.75 Å². The van der Waals surface area contributed by atoms with Crippen LogP contribution in [-0.4, -0.2) is 36.4 Å². The number of nitrogens with one attached hydrogen (secondary N) is 1. The van der Waals surface area contributed by atoms with Gasteiger partial charge in [0.15, 0.2) is 0 Å². The van der Waals surface area contributed by atoms with Crippen LogP contribution in [0.3, 0.4) is 0 Å². The zero-order valence-electron chi connectivity index (χ0n) is 15.6. The number of benzene rings is 2. The second-order valence-electron chi connectivity index (χ2n) is 6.37. The molecule has 0 aliphatic carbocycles. The fraction of sp³-hybridized carbons (Fsp3) is 0.333. The van der Waals surface area contributed by atoms with E-state index in [2.05, 4.69) is 5.32 Å². The van der Waals surface area contributed by atoms with Crippen LogP contribution in [0.5, 0.6) is 5.75 Å². The highest BCUT2D eigenvalue weighted by Crippen LogP contribution is 2.12. The molecule has 0 unspecified atom stereocenters. The Balaban J connectivity index is 1.90. The molecule has 0 bridgehead atoms. The summed E-state index contributed by atoms with van der Waals surface area (Å²) >= 11 is 0. The molecule has 0 saturated carbocycles. The maximum absolute atomic E-state index is 12.5. The molecule has 0 aliphatic heterocycles. The fourth-order valence-corrected chi connectivity index (χ4v) is 2.62. The van der Waals surface area contributed by atoms with Crippen LogP contribution in [-0.2, 0) is 22.6 Å². The van der Waals surface area contributed by atoms with Crippen molar-refractivity contribution in [3.63, 3.8) is 0 Å². The number of hydrogen-bond acceptors (Lipinski definition) is 3. The second-order valence-corrected chi connectivity index (χ2v) is 6.37. The Morgan fingerprint density at radius 1 is 1.04 bits per heavy atom. The summed E-state index contributed by atoms with van der Waals surface area (Å²) in [7, 11) is 1.62. The van der Waals surface area contributed by atoms with Gasteiger partial charge in [0.05, 0.1) is 7.11 Å². The lowest BCUT2D eigenvalue weighted by molar-refractivity contribution is -0.147. The molecule has 2 amide bonds. The van der Waals surface area contributed by atoms with Gasteiger partial charge in [-0.1, -0.05) is 42.5 Å². The molecule has 1 N–H and O–H groups in total. The highest BCUT2D eigenvalue weighted by Gasteiger charge is 2.23. The molecule has 0 aliphatic rings. The normalized spacial score (nSPS) is 10.5. The molecule has 0 saturated heterocycles. The Labute approximate surface area is 155 Å². The van der Waals surface area contributed by atoms with Crippen molar-refractivity contribution in [2.75, 3.05) is 13.7 Å².